The normalized spacial score (nSPS) is 14.2. The second kappa shape index (κ2) is 4.20. The van der Waals surface area contributed by atoms with Crippen LogP contribution in [0.25, 0.3) is 0 Å². The first-order chi connectivity index (χ1) is 8.02. The quantitative estimate of drug-likeness (QED) is 0.605. The maximum absolute atomic E-state index is 11.5. The molecule has 1 aromatic carbocycles. The van der Waals surface area contributed by atoms with Crippen LogP contribution in [0.5, 0.6) is 5.75 Å². The average molecular weight is 234 g/mol. The lowest BCUT2D eigenvalue weighted by Gasteiger charge is -2.20. The molecule has 2 rings (SSSR count). The van der Waals surface area contributed by atoms with E-state index in [1.807, 2.05) is 0 Å². The van der Waals surface area contributed by atoms with E-state index in [1.54, 1.807) is 6.92 Å². The van der Waals surface area contributed by atoms with Gasteiger partial charge in [0.25, 0.3) is 5.78 Å². The van der Waals surface area contributed by atoms with Gasteiger partial charge >= 0.3 is 5.97 Å². The Morgan fingerprint density at radius 3 is 2.53 bits per heavy atom. The minimum Gasteiger partial charge on any atom is -0.507 e. The van der Waals surface area contributed by atoms with Crippen molar-refractivity contribution in [1.29, 1.82) is 0 Å². The summed E-state index contributed by atoms with van der Waals surface area (Å²) < 4.78 is 0. The molecule has 0 amide bonds. The number of carboxylic acids is 1. The molecule has 0 atom stereocenters. The van der Waals surface area contributed by atoms with Gasteiger partial charge in [-0.3, -0.25) is 4.79 Å². The van der Waals surface area contributed by atoms with Crippen LogP contribution in [0.2, 0.25) is 0 Å². The second-order valence-corrected chi connectivity index (χ2v) is 4.37. The molecular formula is C13H14O4. The second-order valence-electron chi connectivity index (χ2n) is 4.37. The van der Waals surface area contributed by atoms with E-state index in [9.17, 15) is 14.7 Å². The molecule has 4 nitrogen and oxygen atoms in total. The maximum atomic E-state index is 11.5. The summed E-state index contributed by atoms with van der Waals surface area (Å²) in [5.74, 6) is -2.77. The van der Waals surface area contributed by atoms with Gasteiger partial charge in [-0.15, -0.1) is 0 Å². The first-order valence-corrected chi connectivity index (χ1v) is 5.64. The van der Waals surface area contributed by atoms with Crippen molar-refractivity contribution in [3.8, 4) is 5.75 Å². The number of aryl methyl sites for hydroxylation is 1. The van der Waals surface area contributed by atoms with Crippen molar-refractivity contribution in [2.45, 2.75) is 32.6 Å². The molecule has 4 heteroatoms. The first kappa shape index (κ1) is 11.6. The van der Waals surface area contributed by atoms with Gasteiger partial charge in [-0.1, -0.05) is 0 Å². The molecule has 0 fully saturated rings. The van der Waals surface area contributed by atoms with Crippen LogP contribution in [-0.2, 0) is 17.6 Å². The fraction of sp³-hybridized carbons (Fsp3) is 0.385. The smallest absolute Gasteiger partial charge is 0.377 e. The molecular weight excluding hydrogens is 220 g/mol. The van der Waals surface area contributed by atoms with E-state index >= 15 is 0 Å². The Morgan fingerprint density at radius 2 is 1.88 bits per heavy atom. The van der Waals surface area contributed by atoms with Gasteiger partial charge in [-0.2, -0.15) is 0 Å². The minimum absolute atomic E-state index is 0.0573. The number of rotatable bonds is 2. The summed E-state index contributed by atoms with van der Waals surface area (Å²) in [7, 11) is 0. The van der Waals surface area contributed by atoms with Gasteiger partial charge in [0.2, 0.25) is 0 Å². The highest BCUT2D eigenvalue weighted by Gasteiger charge is 2.25. The summed E-state index contributed by atoms with van der Waals surface area (Å²) in [6.07, 6.45) is 3.84. The fourth-order valence-corrected chi connectivity index (χ4v) is 2.49. The van der Waals surface area contributed by atoms with E-state index in [2.05, 4.69) is 0 Å². The van der Waals surface area contributed by atoms with E-state index < -0.39 is 11.8 Å². The lowest BCUT2D eigenvalue weighted by Crippen LogP contribution is -2.17. The fourth-order valence-electron chi connectivity index (χ4n) is 2.49. The number of aromatic hydroxyl groups is 1. The SMILES string of the molecule is Cc1c2c(cc(O)c1C(=O)C(=O)O)CCCC2. The van der Waals surface area contributed by atoms with E-state index in [4.69, 9.17) is 5.11 Å². The average Bonchev–Trinajstić information content (AvgIpc) is 2.28. The number of benzene rings is 1. The molecule has 0 aromatic heterocycles. The number of carbonyl (C=O) groups is 2. The number of phenolic OH excluding ortho intramolecular Hbond substituents is 1. The van der Waals surface area contributed by atoms with Crippen LogP contribution in [-0.4, -0.2) is 22.0 Å². The van der Waals surface area contributed by atoms with E-state index in [1.165, 1.54) is 6.07 Å². The number of phenols is 1. The summed E-state index contributed by atoms with van der Waals surface area (Å²) >= 11 is 0. The molecule has 0 aliphatic heterocycles. The largest absolute Gasteiger partial charge is 0.507 e. The molecule has 1 aliphatic rings. The third-order valence-corrected chi connectivity index (χ3v) is 3.33. The van der Waals surface area contributed by atoms with Crippen LogP contribution in [0.15, 0.2) is 6.07 Å². The van der Waals surface area contributed by atoms with Gasteiger partial charge in [0.05, 0.1) is 5.56 Å². The third kappa shape index (κ3) is 1.90. The van der Waals surface area contributed by atoms with Gasteiger partial charge < -0.3 is 10.2 Å². The standard InChI is InChI=1S/C13H14O4/c1-7-9-5-3-2-4-8(9)6-10(14)11(7)12(15)13(16)17/h6,14H,2-5H2,1H3,(H,16,17). The number of aliphatic carboxylic acids is 1. The van der Waals surface area contributed by atoms with Crippen molar-refractivity contribution in [3.63, 3.8) is 0 Å². The zero-order valence-electron chi connectivity index (χ0n) is 9.62. The molecule has 0 radical (unpaired) electrons. The van der Waals surface area contributed by atoms with Crippen molar-refractivity contribution in [2.24, 2.45) is 0 Å². The maximum Gasteiger partial charge on any atom is 0.377 e. The molecule has 0 heterocycles. The van der Waals surface area contributed by atoms with E-state index in [0.29, 0.717) is 5.56 Å². The Bertz CT molecular complexity index is 503. The van der Waals surface area contributed by atoms with Crippen molar-refractivity contribution in [1.82, 2.24) is 0 Å². The molecule has 0 saturated heterocycles. The number of carboxylic acid groups (broad SMARTS) is 1. The molecule has 17 heavy (non-hydrogen) atoms. The number of hydrogen-bond donors (Lipinski definition) is 2. The lowest BCUT2D eigenvalue weighted by molar-refractivity contribution is -0.131. The number of hydrogen-bond acceptors (Lipinski definition) is 3. The van der Waals surface area contributed by atoms with Gasteiger partial charge in [-0.25, -0.2) is 4.79 Å². The Hall–Kier alpha value is -1.84. The van der Waals surface area contributed by atoms with Crippen molar-refractivity contribution in [2.75, 3.05) is 0 Å². The predicted molar refractivity (Wildman–Crippen MR) is 61.5 cm³/mol. The van der Waals surface area contributed by atoms with Crippen LogP contribution in [0.1, 0.15) is 39.9 Å². The molecule has 1 aromatic rings. The highest BCUT2D eigenvalue weighted by molar-refractivity contribution is 6.41. The Labute approximate surface area is 98.9 Å². The first-order valence-electron chi connectivity index (χ1n) is 5.64. The van der Waals surface area contributed by atoms with Crippen LogP contribution in [0.3, 0.4) is 0 Å². The summed E-state index contributed by atoms with van der Waals surface area (Å²) in [5.41, 5.74) is 2.62. The Balaban J connectivity index is 2.61. The zero-order valence-corrected chi connectivity index (χ0v) is 9.62. The number of carbonyl (C=O) groups excluding carboxylic acids is 1. The summed E-state index contributed by atoms with van der Waals surface area (Å²) in [5, 5.41) is 18.5. The van der Waals surface area contributed by atoms with Gasteiger partial charge in [-0.05, 0) is 55.4 Å². The van der Waals surface area contributed by atoms with Crippen molar-refractivity contribution in [3.05, 3.63) is 28.3 Å². The molecule has 1 aliphatic carbocycles. The number of Topliss-reactive ketones (excluding diaryl/α,β-unsaturated/α-hetero) is 1. The minimum atomic E-state index is -1.53. The van der Waals surface area contributed by atoms with E-state index in [-0.39, 0.29) is 11.3 Å². The molecule has 90 valence electrons. The molecule has 0 saturated carbocycles. The third-order valence-electron chi connectivity index (χ3n) is 3.33. The van der Waals surface area contributed by atoms with E-state index in [0.717, 1.165) is 36.8 Å². The highest BCUT2D eigenvalue weighted by atomic mass is 16.4. The topological polar surface area (TPSA) is 74.6 Å². The highest BCUT2D eigenvalue weighted by Crippen LogP contribution is 2.32. The molecule has 2 N–H and O–H groups in total. The Kier molecular flexibility index (Phi) is 2.88. The molecule has 0 bridgehead atoms. The van der Waals surface area contributed by atoms with Crippen LogP contribution >= 0.6 is 0 Å². The zero-order chi connectivity index (χ0) is 12.6. The summed E-state index contributed by atoms with van der Waals surface area (Å²) in [6, 6.07) is 1.54. The van der Waals surface area contributed by atoms with Crippen LogP contribution in [0.4, 0.5) is 0 Å². The summed E-state index contributed by atoms with van der Waals surface area (Å²) in [6.45, 7) is 1.71. The molecule has 0 spiro atoms. The van der Waals surface area contributed by atoms with Crippen LogP contribution in [0, 0.1) is 6.92 Å². The van der Waals surface area contributed by atoms with Crippen LogP contribution < -0.4 is 0 Å². The lowest BCUT2D eigenvalue weighted by atomic mass is 9.85. The van der Waals surface area contributed by atoms with Gasteiger partial charge in [0.15, 0.2) is 0 Å². The van der Waals surface area contributed by atoms with Gasteiger partial charge in [0.1, 0.15) is 5.75 Å². The van der Waals surface area contributed by atoms with Crippen molar-refractivity contribution >= 4 is 11.8 Å². The number of ketones is 1. The monoisotopic (exact) mass is 234 g/mol. The summed E-state index contributed by atoms with van der Waals surface area (Å²) in [4.78, 5) is 22.2. The van der Waals surface area contributed by atoms with Gasteiger partial charge in [0, 0.05) is 0 Å². The predicted octanol–water partition coefficient (Wildman–Crippen LogP) is 1.85. The number of fused-ring (bicyclic) bond motifs is 1. The van der Waals surface area contributed by atoms with Crippen molar-refractivity contribution < 1.29 is 19.8 Å². The Morgan fingerprint density at radius 1 is 1.24 bits per heavy atom. The molecule has 0 unspecified atom stereocenters.